The largest absolute Gasteiger partial charge is 0.490 e. The van der Waals surface area contributed by atoms with Crippen molar-refractivity contribution in [2.45, 2.75) is 38.7 Å². The van der Waals surface area contributed by atoms with E-state index in [4.69, 9.17) is 4.74 Å². The Hall–Kier alpha value is -1.38. The minimum atomic E-state index is -0.363. The van der Waals surface area contributed by atoms with Crippen molar-refractivity contribution in [2.75, 3.05) is 0 Å². The lowest BCUT2D eigenvalue weighted by Crippen LogP contribution is -2.13. The molecule has 2 rings (SSSR count). The van der Waals surface area contributed by atoms with Gasteiger partial charge in [0.2, 0.25) is 0 Å². The number of rotatable bonds is 3. The highest BCUT2D eigenvalue weighted by molar-refractivity contribution is 5.96. The van der Waals surface area contributed by atoms with Crippen molar-refractivity contribution in [2.24, 2.45) is 0 Å². The van der Waals surface area contributed by atoms with Crippen LogP contribution in [0.25, 0.3) is 0 Å². The molecular weight excluding hydrogens is 207 g/mol. The zero-order chi connectivity index (χ0) is 11.5. The average molecular weight is 222 g/mol. The van der Waals surface area contributed by atoms with Crippen molar-refractivity contribution in [3.8, 4) is 5.75 Å². The third kappa shape index (κ3) is 2.40. The molecule has 0 aliphatic heterocycles. The van der Waals surface area contributed by atoms with Crippen LogP contribution in [0, 0.1) is 5.82 Å². The zero-order valence-electron chi connectivity index (χ0n) is 9.33. The maximum atomic E-state index is 13.1. The third-order valence-electron chi connectivity index (χ3n) is 2.92. The molecular formula is C13H15FO2. The number of hydrogen-bond donors (Lipinski definition) is 0. The monoisotopic (exact) mass is 222 g/mol. The van der Waals surface area contributed by atoms with Crippen LogP contribution >= 0.6 is 0 Å². The molecule has 1 fully saturated rings. The molecule has 2 nitrogen and oxygen atoms in total. The molecule has 0 spiro atoms. The Morgan fingerprint density at radius 1 is 1.38 bits per heavy atom. The topological polar surface area (TPSA) is 26.3 Å². The summed E-state index contributed by atoms with van der Waals surface area (Å²) >= 11 is 0. The highest BCUT2D eigenvalue weighted by atomic mass is 19.1. The third-order valence-corrected chi connectivity index (χ3v) is 2.92. The van der Waals surface area contributed by atoms with Gasteiger partial charge in [0.25, 0.3) is 0 Å². The van der Waals surface area contributed by atoms with Crippen molar-refractivity contribution in [3.63, 3.8) is 0 Å². The zero-order valence-corrected chi connectivity index (χ0v) is 9.33. The lowest BCUT2D eigenvalue weighted by Gasteiger charge is -2.15. The summed E-state index contributed by atoms with van der Waals surface area (Å²) in [5.74, 6) is -0.0645. The predicted molar refractivity (Wildman–Crippen MR) is 59.3 cm³/mol. The molecule has 0 N–H and O–H groups in total. The van der Waals surface area contributed by atoms with Gasteiger partial charge in [-0.05, 0) is 44.7 Å². The molecule has 1 aromatic carbocycles. The summed E-state index contributed by atoms with van der Waals surface area (Å²) < 4.78 is 18.8. The first-order valence-corrected chi connectivity index (χ1v) is 5.64. The summed E-state index contributed by atoms with van der Waals surface area (Å²) in [4.78, 5) is 11.3. The Labute approximate surface area is 94.4 Å². The van der Waals surface area contributed by atoms with Crippen molar-refractivity contribution in [1.29, 1.82) is 0 Å². The second-order valence-corrected chi connectivity index (χ2v) is 4.22. The number of carbonyl (C=O) groups excluding carboxylic acids is 1. The first-order valence-electron chi connectivity index (χ1n) is 5.64. The van der Waals surface area contributed by atoms with E-state index in [0.29, 0.717) is 11.3 Å². The Kier molecular flexibility index (Phi) is 3.22. The number of benzene rings is 1. The molecule has 0 heterocycles. The van der Waals surface area contributed by atoms with E-state index >= 15 is 0 Å². The first-order chi connectivity index (χ1) is 7.66. The van der Waals surface area contributed by atoms with Crippen LogP contribution in [0.2, 0.25) is 0 Å². The van der Waals surface area contributed by atoms with E-state index in [9.17, 15) is 9.18 Å². The molecule has 1 aromatic rings. The van der Waals surface area contributed by atoms with Crippen LogP contribution in [0.4, 0.5) is 4.39 Å². The molecule has 1 aliphatic carbocycles. The lowest BCUT2D eigenvalue weighted by atomic mass is 10.1. The molecule has 86 valence electrons. The fraction of sp³-hybridized carbons (Fsp3) is 0.462. The summed E-state index contributed by atoms with van der Waals surface area (Å²) in [7, 11) is 0. The van der Waals surface area contributed by atoms with Crippen LogP contribution in [-0.4, -0.2) is 11.9 Å². The van der Waals surface area contributed by atoms with Crippen LogP contribution in [0.1, 0.15) is 43.0 Å². The molecule has 0 amide bonds. The number of ketones is 1. The normalized spacial score (nSPS) is 16.4. The molecule has 0 unspecified atom stereocenters. The molecule has 0 aromatic heterocycles. The van der Waals surface area contributed by atoms with E-state index in [1.165, 1.54) is 25.1 Å². The van der Waals surface area contributed by atoms with Gasteiger partial charge in [-0.25, -0.2) is 4.39 Å². The molecule has 1 aliphatic rings. The molecule has 0 bridgehead atoms. The van der Waals surface area contributed by atoms with Crippen LogP contribution in [0.15, 0.2) is 18.2 Å². The van der Waals surface area contributed by atoms with Crippen molar-refractivity contribution in [1.82, 2.24) is 0 Å². The van der Waals surface area contributed by atoms with Gasteiger partial charge >= 0.3 is 0 Å². The maximum Gasteiger partial charge on any atom is 0.163 e. The summed E-state index contributed by atoms with van der Waals surface area (Å²) in [5, 5.41) is 0. The van der Waals surface area contributed by atoms with Gasteiger partial charge in [-0.3, -0.25) is 4.79 Å². The van der Waals surface area contributed by atoms with Gasteiger partial charge in [-0.1, -0.05) is 0 Å². The van der Waals surface area contributed by atoms with Gasteiger partial charge in [-0.2, -0.15) is 0 Å². The fourth-order valence-corrected chi connectivity index (χ4v) is 2.07. The number of ether oxygens (including phenoxy) is 1. The second kappa shape index (κ2) is 4.64. The van der Waals surface area contributed by atoms with Crippen LogP contribution in [0.3, 0.4) is 0 Å². The van der Waals surface area contributed by atoms with Crippen molar-refractivity contribution in [3.05, 3.63) is 29.6 Å². The van der Waals surface area contributed by atoms with Gasteiger partial charge in [-0.15, -0.1) is 0 Å². The van der Waals surface area contributed by atoms with Gasteiger partial charge < -0.3 is 4.74 Å². The fourth-order valence-electron chi connectivity index (χ4n) is 2.07. The van der Waals surface area contributed by atoms with Gasteiger partial charge in [0, 0.05) is 6.07 Å². The van der Waals surface area contributed by atoms with Crippen LogP contribution in [-0.2, 0) is 0 Å². The van der Waals surface area contributed by atoms with Gasteiger partial charge in [0.05, 0.1) is 11.7 Å². The molecule has 3 heteroatoms. The summed E-state index contributed by atoms with van der Waals surface area (Å²) in [5.41, 5.74) is 0.466. The van der Waals surface area contributed by atoms with E-state index in [1.807, 2.05) is 0 Å². The Morgan fingerprint density at radius 3 is 2.69 bits per heavy atom. The highest BCUT2D eigenvalue weighted by Crippen LogP contribution is 2.27. The first kappa shape index (κ1) is 11.1. The Bertz CT molecular complexity index is 395. The van der Waals surface area contributed by atoms with Crippen molar-refractivity contribution >= 4 is 5.78 Å². The smallest absolute Gasteiger partial charge is 0.163 e. The highest BCUT2D eigenvalue weighted by Gasteiger charge is 2.19. The van der Waals surface area contributed by atoms with E-state index < -0.39 is 0 Å². The Morgan fingerprint density at radius 2 is 2.06 bits per heavy atom. The number of carbonyl (C=O) groups is 1. The van der Waals surface area contributed by atoms with E-state index in [1.54, 1.807) is 0 Å². The van der Waals surface area contributed by atoms with Crippen LogP contribution in [0.5, 0.6) is 5.75 Å². The molecule has 0 saturated heterocycles. The Balaban J connectivity index is 2.22. The quantitative estimate of drug-likeness (QED) is 0.733. The second-order valence-electron chi connectivity index (χ2n) is 4.22. The number of halogens is 1. The minimum Gasteiger partial charge on any atom is -0.490 e. The molecule has 0 atom stereocenters. The van der Waals surface area contributed by atoms with Gasteiger partial charge in [0.15, 0.2) is 5.78 Å². The van der Waals surface area contributed by atoms with Crippen LogP contribution < -0.4 is 4.74 Å². The lowest BCUT2D eigenvalue weighted by molar-refractivity contribution is 0.101. The average Bonchev–Trinajstić information content (AvgIpc) is 2.70. The van der Waals surface area contributed by atoms with E-state index in [2.05, 4.69) is 0 Å². The van der Waals surface area contributed by atoms with Crippen molar-refractivity contribution < 1.29 is 13.9 Å². The summed E-state index contributed by atoms with van der Waals surface area (Å²) in [6.07, 6.45) is 4.42. The maximum absolute atomic E-state index is 13.1. The summed E-state index contributed by atoms with van der Waals surface area (Å²) in [6, 6.07) is 4.08. The minimum absolute atomic E-state index is 0.0898. The number of hydrogen-bond acceptors (Lipinski definition) is 2. The van der Waals surface area contributed by atoms with E-state index in [-0.39, 0.29) is 17.7 Å². The van der Waals surface area contributed by atoms with Gasteiger partial charge in [0.1, 0.15) is 11.6 Å². The van der Waals surface area contributed by atoms with E-state index in [0.717, 1.165) is 25.7 Å². The standard InChI is InChI=1S/C13H15FO2/c1-9(15)12-7-6-10(14)8-13(12)16-11-4-2-3-5-11/h6-8,11H,2-5H2,1H3. The summed E-state index contributed by atoms with van der Waals surface area (Å²) in [6.45, 7) is 1.47. The predicted octanol–water partition coefficient (Wildman–Crippen LogP) is 3.35. The molecule has 1 saturated carbocycles. The molecule has 0 radical (unpaired) electrons. The molecule has 16 heavy (non-hydrogen) atoms. The number of Topliss-reactive ketones (excluding diaryl/α,β-unsaturated/α-hetero) is 1. The SMILES string of the molecule is CC(=O)c1ccc(F)cc1OC1CCCC1.